The lowest BCUT2D eigenvalue weighted by molar-refractivity contribution is -0.158. The Morgan fingerprint density at radius 1 is 0.842 bits per heavy atom. The van der Waals surface area contributed by atoms with Crippen molar-refractivity contribution in [3.8, 4) is 0 Å². The summed E-state index contributed by atoms with van der Waals surface area (Å²) in [6, 6.07) is 12.1. The van der Waals surface area contributed by atoms with Crippen LogP contribution in [0.15, 0.2) is 36.4 Å². The van der Waals surface area contributed by atoms with Crippen molar-refractivity contribution in [2.24, 2.45) is 11.8 Å². The molecule has 0 amide bonds. The van der Waals surface area contributed by atoms with Crippen LogP contribution in [0.2, 0.25) is 0 Å². The molecule has 2 saturated heterocycles. The number of hydrogen-bond acceptors (Lipinski definition) is 6. The molecule has 210 valence electrons. The molecule has 6 nitrogen and oxygen atoms in total. The fourth-order valence-corrected chi connectivity index (χ4v) is 6.21. The fraction of sp³-hybridized carbons (Fsp3) is 0.656. The van der Waals surface area contributed by atoms with Crippen molar-refractivity contribution in [1.29, 1.82) is 0 Å². The van der Waals surface area contributed by atoms with Gasteiger partial charge in [0.2, 0.25) is 0 Å². The van der Waals surface area contributed by atoms with Crippen LogP contribution < -0.4 is 10.6 Å². The highest BCUT2D eigenvalue weighted by molar-refractivity contribution is 5.95. The lowest BCUT2D eigenvalue weighted by Crippen LogP contribution is -2.56. The molecule has 5 atom stereocenters. The summed E-state index contributed by atoms with van der Waals surface area (Å²) in [4.78, 5) is 13.1. The number of ether oxygens (including phenoxy) is 2. The number of fused-ring (bicyclic) bond motifs is 1. The van der Waals surface area contributed by atoms with Gasteiger partial charge in [-0.15, -0.1) is 0 Å². The summed E-state index contributed by atoms with van der Waals surface area (Å²) in [5.74, 6) is 0.693. The van der Waals surface area contributed by atoms with E-state index in [2.05, 4.69) is 66.0 Å². The number of rotatable bonds is 7. The summed E-state index contributed by atoms with van der Waals surface area (Å²) in [5, 5.41) is 20.2. The second-order valence-corrected chi connectivity index (χ2v) is 13.6. The molecule has 2 aliphatic heterocycles. The van der Waals surface area contributed by atoms with E-state index in [1.165, 1.54) is 0 Å². The highest BCUT2D eigenvalue weighted by Gasteiger charge is 2.37. The molecular formula is C32H48N2O4. The van der Waals surface area contributed by atoms with Crippen LogP contribution in [-0.2, 0) is 9.47 Å². The van der Waals surface area contributed by atoms with Gasteiger partial charge in [0, 0.05) is 41.6 Å². The number of nitrogens with one attached hydrogen (secondary N) is 2. The Morgan fingerprint density at radius 2 is 1.37 bits per heavy atom. The smallest absolute Gasteiger partial charge is 0.338 e. The lowest BCUT2D eigenvalue weighted by Gasteiger charge is -2.43. The zero-order valence-electron chi connectivity index (χ0n) is 24.5. The average molecular weight is 525 g/mol. The van der Waals surface area contributed by atoms with Crippen LogP contribution in [0.5, 0.6) is 0 Å². The first-order valence-corrected chi connectivity index (χ1v) is 14.3. The largest absolute Gasteiger partial charge is 0.459 e. The molecule has 0 aliphatic carbocycles. The van der Waals surface area contributed by atoms with E-state index in [4.69, 9.17) is 9.47 Å². The van der Waals surface area contributed by atoms with Gasteiger partial charge in [0.1, 0.15) is 6.10 Å². The van der Waals surface area contributed by atoms with Crippen molar-refractivity contribution in [3.05, 3.63) is 47.5 Å². The first-order valence-electron chi connectivity index (χ1n) is 14.3. The highest BCUT2D eigenvalue weighted by Crippen LogP contribution is 2.32. The second-order valence-electron chi connectivity index (χ2n) is 13.6. The second kappa shape index (κ2) is 11.2. The molecular weight excluding hydrogens is 476 g/mol. The van der Waals surface area contributed by atoms with Crippen LogP contribution in [0, 0.1) is 11.8 Å². The maximum Gasteiger partial charge on any atom is 0.338 e. The summed E-state index contributed by atoms with van der Waals surface area (Å²) in [5.41, 5.74) is 1.17. The molecule has 5 unspecified atom stereocenters. The minimum Gasteiger partial charge on any atom is -0.459 e. The number of aliphatic hydroxyl groups excluding tert-OH is 1. The van der Waals surface area contributed by atoms with E-state index < -0.39 is 6.29 Å². The van der Waals surface area contributed by atoms with Gasteiger partial charge in [0.05, 0.1) is 11.7 Å². The third-order valence-electron chi connectivity index (χ3n) is 8.25. The van der Waals surface area contributed by atoms with Crippen molar-refractivity contribution in [1.82, 2.24) is 10.6 Å². The molecule has 0 aromatic heterocycles. The van der Waals surface area contributed by atoms with E-state index in [1.54, 1.807) is 0 Å². The molecule has 0 spiro atoms. The zero-order valence-corrected chi connectivity index (χ0v) is 24.5. The van der Waals surface area contributed by atoms with Crippen LogP contribution in [0.1, 0.15) is 103 Å². The number of benzene rings is 2. The van der Waals surface area contributed by atoms with Crippen molar-refractivity contribution in [2.75, 3.05) is 0 Å². The van der Waals surface area contributed by atoms with Gasteiger partial charge in [0.15, 0.2) is 6.29 Å². The van der Waals surface area contributed by atoms with Gasteiger partial charge in [-0.25, -0.2) is 4.79 Å². The van der Waals surface area contributed by atoms with Crippen molar-refractivity contribution >= 4 is 16.7 Å². The van der Waals surface area contributed by atoms with Gasteiger partial charge in [-0.1, -0.05) is 45.9 Å². The maximum absolute atomic E-state index is 13.1. The Balaban J connectivity index is 1.43. The average Bonchev–Trinajstić information content (AvgIpc) is 2.81. The van der Waals surface area contributed by atoms with E-state index in [-0.39, 0.29) is 29.3 Å². The molecule has 2 heterocycles. The molecule has 2 fully saturated rings. The molecule has 4 rings (SSSR count). The van der Waals surface area contributed by atoms with Gasteiger partial charge in [0.25, 0.3) is 0 Å². The number of esters is 1. The third kappa shape index (κ3) is 7.15. The topological polar surface area (TPSA) is 79.8 Å². The Morgan fingerprint density at radius 3 is 1.97 bits per heavy atom. The molecule has 0 bridgehead atoms. The predicted octanol–water partition coefficient (Wildman–Crippen LogP) is 6.11. The van der Waals surface area contributed by atoms with E-state index >= 15 is 0 Å². The van der Waals surface area contributed by atoms with E-state index in [0.717, 1.165) is 42.0 Å². The van der Waals surface area contributed by atoms with Gasteiger partial charge >= 0.3 is 5.97 Å². The van der Waals surface area contributed by atoms with Crippen LogP contribution >= 0.6 is 0 Å². The number of aliphatic hydroxyl groups is 1. The van der Waals surface area contributed by atoms with Gasteiger partial charge in [-0.2, -0.15) is 0 Å². The Labute approximate surface area is 228 Å². The van der Waals surface area contributed by atoms with E-state index in [0.29, 0.717) is 29.5 Å². The minimum absolute atomic E-state index is 0.0169. The third-order valence-corrected chi connectivity index (χ3v) is 8.25. The van der Waals surface area contributed by atoms with Gasteiger partial charge in [-0.05, 0) is 81.3 Å². The van der Waals surface area contributed by atoms with Crippen molar-refractivity contribution in [3.63, 3.8) is 0 Å². The maximum atomic E-state index is 13.1. The number of piperidine rings is 2. The molecule has 2 aromatic carbocycles. The molecule has 38 heavy (non-hydrogen) atoms. The first-order chi connectivity index (χ1) is 17.7. The van der Waals surface area contributed by atoms with E-state index in [9.17, 15) is 9.90 Å². The number of carbonyl (C=O) groups is 1. The van der Waals surface area contributed by atoms with Gasteiger partial charge in [-0.3, -0.25) is 0 Å². The number of carbonyl (C=O) groups excluding carboxylic acids is 1. The molecule has 2 aromatic rings. The monoisotopic (exact) mass is 524 g/mol. The zero-order chi connectivity index (χ0) is 27.8. The van der Waals surface area contributed by atoms with Crippen LogP contribution in [0.4, 0.5) is 0 Å². The quantitative estimate of drug-likeness (QED) is 0.299. The summed E-state index contributed by atoms with van der Waals surface area (Å²) in [6.07, 6.45) is 2.23. The van der Waals surface area contributed by atoms with Crippen LogP contribution in [0.3, 0.4) is 0 Å². The SMILES string of the molecule is CC(C)C1CC(OC(=O)c2ccc3cc(C(O)OC4CC(C(C)C)NC(C)(C)C4)ccc3c2)CC(C)(C)N1. The Kier molecular flexibility index (Phi) is 8.58. The number of hydrogen-bond donors (Lipinski definition) is 3. The Hall–Kier alpha value is -1.99. The minimum atomic E-state index is -0.993. The summed E-state index contributed by atoms with van der Waals surface area (Å²) in [6.45, 7) is 17.6. The molecule has 2 aliphatic rings. The van der Waals surface area contributed by atoms with Crippen molar-refractivity contribution in [2.45, 2.75) is 123 Å². The Bertz CT molecular complexity index is 1130. The van der Waals surface area contributed by atoms with Crippen LogP contribution in [-0.4, -0.2) is 46.4 Å². The summed E-state index contributed by atoms with van der Waals surface area (Å²) >= 11 is 0. The summed E-state index contributed by atoms with van der Waals surface area (Å²) < 4.78 is 12.2. The van der Waals surface area contributed by atoms with Crippen molar-refractivity contribution < 1.29 is 19.4 Å². The predicted molar refractivity (Wildman–Crippen MR) is 153 cm³/mol. The summed E-state index contributed by atoms with van der Waals surface area (Å²) in [7, 11) is 0. The first kappa shape index (κ1) is 29.0. The molecule has 0 radical (unpaired) electrons. The highest BCUT2D eigenvalue weighted by atomic mass is 16.6. The fourth-order valence-electron chi connectivity index (χ4n) is 6.21. The van der Waals surface area contributed by atoms with Crippen LogP contribution in [0.25, 0.3) is 10.8 Å². The normalized spacial score (nSPS) is 28.0. The standard InChI is InChI=1S/C32H48N2O4/c1-19(2)27-15-25(17-31(5,6)33-27)37-29(35)23-11-9-22-14-24(12-10-21(22)13-23)30(36)38-26-16-28(20(3)4)34-32(7,8)18-26/h9-14,19-20,25-29,33-35H,15-18H2,1-8H3. The molecule has 6 heteroatoms. The van der Waals surface area contributed by atoms with Gasteiger partial charge < -0.3 is 25.2 Å². The molecule has 0 saturated carbocycles. The lowest BCUT2D eigenvalue weighted by atomic mass is 9.83. The molecule has 3 N–H and O–H groups in total. The van der Waals surface area contributed by atoms with E-state index in [1.807, 2.05) is 36.4 Å².